The summed E-state index contributed by atoms with van der Waals surface area (Å²) in [6.45, 7) is 0.638. The van der Waals surface area contributed by atoms with Gasteiger partial charge in [0, 0.05) is 16.7 Å². The first-order valence-electron chi connectivity index (χ1n) is 6.00. The highest BCUT2D eigenvalue weighted by Gasteiger charge is 2.03. The molecular weight excluding hydrogens is 318 g/mol. The molecule has 0 bridgehead atoms. The van der Waals surface area contributed by atoms with Crippen LogP contribution in [0.1, 0.15) is 11.1 Å². The minimum atomic E-state index is 0.616. The van der Waals surface area contributed by atoms with Gasteiger partial charge in [-0.1, -0.05) is 6.07 Å². The van der Waals surface area contributed by atoms with Gasteiger partial charge in [-0.2, -0.15) is 5.26 Å². The molecule has 4 nitrogen and oxygen atoms in total. The number of hydrogen-bond donors (Lipinski definition) is 2. The van der Waals surface area contributed by atoms with Gasteiger partial charge in [-0.25, -0.2) is 0 Å². The molecule has 0 amide bonds. The molecule has 5 heteroatoms. The maximum absolute atomic E-state index is 8.82. The molecule has 2 rings (SSSR count). The van der Waals surface area contributed by atoms with E-state index in [9.17, 15) is 0 Å². The lowest BCUT2D eigenvalue weighted by Gasteiger charge is -2.11. The quantitative estimate of drug-likeness (QED) is 0.841. The number of ether oxygens (including phenoxy) is 1. The van der Waals surface area contributed by atoms with Crippen LogP contribution in [0, 0.1) is 11.3 Å². The second-order valence-electron chi connectivity index (χ2n) is 4.24. The number of halogens is 1. The van der Waals surface area contributed by atoms with E-state index in [0.717, 1.165) is 15.7 Å². The second kappa shape index (κ2) is 6.31. The number of nitrogen functional groups attached to an aromatic ring is 1. The number of nitrogens with zero attached hydrogens (tertiary/aromatic N) is 1. The molecule has 0 aliphatic heterocycles. The number of anilines is 2. The molecule has 0 aromatic heterocycles. The van der Waals surface area contributed by atoms with E-state index in [0.29, 0.717) is 23.5 Å². The van der Waals surface area contributed by atoms with E-state index in [1.807, 2.05) is 24.3 Å². The molecule has 2 aromatic rings. The smallest absolute Gasteiger partial charge is 0.141 e. The van der Waals surface area contributed by atoms with Crippen LogP contribution in [-0.4, -0.2) is 7.11 Å². The second-order valence-corrected chi connectivity index (χ2v) is 5.09. The lowest BCUT2D eigenvalue weighted by atomic mass is 10.1. The van der Waals surface area contributed by atoms with E-state index in [1.54, 1.807) is 19.2 Å². The molecule has 0 aliphatic rings. The minimum Gasteiger partial charge on any atom is -0.495 e. The Bertz CT molecular complexity index is 665. The maximum Gasteiger partial charge on any atom is 0.141 e. The van der Waals surface area contributed by atoms with Crippen molar-refractivity contribution >= 4 is 27.3 Å². The van der Waals surface area contributed by atoms with Crippen molar-refractivity contribution in [3.8, 4) is 11.8 Å². The number of hydrogen-bond acceptors (Lipinski definition) is 4. The van der Waals surface area contributed by atoms with Crippen molar-refractivity contribution in [2.75, 3.05) is 18.2 Å². The summed E-state index contributed by atoms with van der Waals surface area (Å²) in [6.07, 6.45) is 0. The molecule has 0 atom stereocenters. The first-order valence-corrected chi connectivity index (χ1v) is 6.79. The van der Waals surface area contributed by atoms with Gasteiger partial charge in [-0.05, 0) is 51.8 Å². The molecule has 0 fully saturated rings. The Morgan fingerprint density at radius 2 is 2.10 bits per heavy atom. The Morgan fingerprint density at radius 3 is 2.70 bits per heavy atom. The Morgan fingerprint density at radius 1 is 1.30 bits per heavy atom. The van der Waals surface area contributed by atoms with Crippen molar-refractivity contribution in [1.82, 2.24) is 0 Å². The Hall–Kier alpha value is -2.19. The fourth-order valence-corrected chi connectivity index (χ4v) is 2.34. The molecule has 0 radical (unpaired) electrons. The topological polar surface area (TPSA) is 71.1 Å². The van der Waals surface area contributed by atoms with Crippen molar-refractivity contribution in [2.24, 2.45) is 0 Å². The molecule has 0 unspecified atom stereocenters. The highest BCUT2D eigenvalue weighted by Crippen LogP contribution is 2.25. The first kappa shape index (κ1) is 14.2. The zero-order chi connectivity index (χ0) is 14.5. The summed E-state index contributed by atoms with van der Waals surface area (Å²) in [7, 11) is 1.59. The lowest BCUT2D eigenvalue weighted by Crippen LogP contribution is -2.02. The largest absolute Gasteiger partial charge is 0.495 e. The molecular formula is C15H14BrN3O. The van der Waals surface area contributed by atoms with E-state index in [1.165, 1.54) is 0 Å². The van der Waals surface area contributed by atoms with Gasteiger partial charge in [0.25, 0.3) is 0 Å². The van der Waals surface area contributed by atoms with Gasteiger partial charge < -0.3 is 15.8 Å². The van der Waals surface area contributed by atoms with Crippen molar-refractivity contribution in [1.29, 1.82) is 5.26 Å². The van der Waals surface area contributed by atoms with Gasteiger partial charge in [0.05, 0.1) is 24.4 Å². The van der Waals surface area contributed by atoms with Crippen molar-refractivity contribution in [3.05, 3.63) is 52.0 Å². The van der Waals surface area contributed by atoms with Crippen LogP contribution in [-0.2, 0) is 6.54 Å². The van der Waals surface area contributed by atoms with Crippen LogP contribution in [0.4, 0.5) is 11.4 Å². The Balaban J connectivity index is 2.09. The van der Waals surface area contributed by atoms with Crippen LogP contribution in [0.15, 0.2) is 40.9 Å². The Labute approximate surface area is 126 Å². The Kier molecular flexibility index (Phi) is 4.49. The third-order valence-corrected chi connectivity index (χ3v) is 3.53. The van der Waals surface area contributed by atoms with Crippen LogP contribution in [0.3, 0.4) is 0 Å². The van der Waals surface area contributed by atoms with Gasteiger partial charge in [-0.3, -0.25) is 0 Å². The number of nitriles is 1. The summed E-state index contributed by atoms with van der Waals surface area (Å²) in [5.41, 5.74) is 9.09. The third kappa shape index (κ3) is 3.22. The molecule has 102 valence electrons. The van der Waals surface area contributed by atoms with Crippen LogP contribution in [0.2, 0.25) is 0 Å². The summed E-state index contributed by atoms with van der Waals surface area (Å²) in [5.74, 6) is 0.674. The summed E-state index contributed by atoms with van der Waals surface area (Å²) < 4.78 is 5.98. The molecule has 0 saturated heterocycles. The molecule has 20 heavy (non-hydrogen) atoms. The van der Waals surface area contributed by atoms with Crippen LogP contribution < -0.4 is 15.8 Å². The standard InChI is InChI=1S/C15H14BrN3O/c1-20-15-5-3-11(7-13(15)18)9-19-14-4-2-10(8-17)6-12(14)16/h2-7,19H,9,18H2,1H3. The fourth-order valence-electron chi connectivity index (χ4n) is 1.82. The molecule has 0 aliphatic carbocycles. The number of nitrogens with one attached hydrogen (secondary N) is 1. The summed E-state index contributed by atoms with van der Waals surface area (Å²) in [5, 5.41) is 12.1. The van der Waals surface area contributed by atoms with Crippen LogP contribution in [0.25, 0.3) is 0 Å². The predicted molar refractivity (Wildman–Crippen MR) is 83.6 cm³/mol. The molecule has 0 spiro atoms. The summed E-state index contributed by atoms with van der Waals surface area (Å²) in [4.78, 5) is 0. The van der Waals surface area contributed by atoms with Gasteiger partial charge in [-0.15, -0.1) is 0 Å². The van der Waals surface area contributed by atoms with Crippen molar-refractivity contribution in [3.63, 3.8) is 0 Å². The first-order chi connectivity index (χ1) is 9.63. The summed E-state index contributed by atoms with van der Waals surface area (Å²) >= 11 is 3.44. The van der Waals surface area contributed by atoms with Gasteiger partial charge in [0.2, 0.25) is 0 Å². The highest BCUT2D eigenvalue weighted by molar-refractivity contribution is 9.10. The van der Waals surface area contributed by atoms with Crippen molar-refractivity contribution < 1.29 is 4.74 Å². The molecule has 0 heterocycles. The van der Waals surface area contributed by atoms with Crippen LogP contribution >= 0.6 is 15.9 Å². The van der Waals surface area contributed by atoms with Gasteiger partial charge in [0.1, 0.15) is 5.75 Å². The lowest BCUT2D eigenvalue weighted by molar-refractivity contribution is 0.417. The number of rotatable bonds is 4. The normalized spacial score (nSPS) is 9.85. The highest BCUT2D eigenvalue weighted by atomic mass is 79.9. The third-order valence-electron chi connectivity index (χ3n) is 2.88. The van der Waals surface area contributed by atoms with E-state index >= 15 is 0 Å². The predicted octanol–water partition coefficient (Wildman–Crippen LogP) is 3.52. The van der Waals surface area contributed by atoms with E-state index in [2.05, 4.69) is 27.3 Å². The van der Waals surface area contributed by atoms with E-state index in [4.69, 9.17) is 15.7 Å². The molecule has 3 N–H and O–H groups in total. The monoisotopic (exact) mass is 331 g/mol. The van der Waals surface area contributed by atoms with E-state index in [-0.39, 0.29) is 0 Å². The average molecular weight is 332 g/mol. The van der Waals surface area contributed by atoms with Crippen LogP contribution in [0.5, 0.6) is 5.75 Å². The summed E-state index contributed by atoms with van der Waals surface area (Å²) in [6, 6.07) is 13.2. The van der Waals surface area contributed by atoms with Crippen molar-refractivity contribution in [2.45, 2.75) is 6.54 Å². The SMILES string of the molecule is COc1ccc(CNc2ccc(C#N)cc2Br)cc1N. The van der Waals surface area contributed by atoms with Gasteiger partial charge in [0.15, 0.2) is 0 Å². The zero-order valence-electron chi connectivity index (χ0n) is 11.0. The fraction of sp³-hybridized carbons (Fsp3) is 0.133. The number of methoxy groups -OCH3 is 1. The molecule has 2 aromatic carbocycles. The zero-order valence-corrected chi connectivity index (χ0v) is 12.6. The number of benzene rings is 2. The minimum absolute atomic E-state index is 0.616. The number of nitrogens with two attached hydrogens (primary N) is 1. The maximum atomic E-state index is 8.82. The van der Waals surface area contributed by atoms with E-state index < -0.39 is 0 Å². The average Bonchev–Trinajstić information content (AvgIpc) is 2.46. The van der Waals surface area contributed by atoms with Gasteiger partial charge >= 0.3 is 0 Å². The molecule has 0 saturated carbocycles.